The van der Waals surface area contributed by atoms with E-state index in [-0.39, 0.29) is 5.96 Å². The van der Waals surface area contributed by atoms with E-state index in [1.807, 2.05) is 30.3 Å². The number of hydrogen-bond acceptors (Lipinski definition) is 2. The van der Waals surface area contributed by atoms with Crippen molar-refractivity contribution >= 4 is 27.9 Å². The number of guanidine groups is 1. The topological polar surface area (TPSA) is 77.5 Å². The van der Waals surface area contributed by atoms with Crippen LogP contribution in [-0.4, -0.2) is 12.5 Å². The van der Waals surface area contributed by atoms with E-state index in [1.54, 1.807) is 0 Å². The van der Waals surface area contributed by atoms with Crippen molar-refractivity contribution in [2.24, 2.45) is 16.5 Å². The molecule has 2 aromatic carbocycles. The quantitative estimate of drug-likeness (QED) is 0.555. The minimum Gasteiger partial charge on any atom is -0.456 e. The summed E-state index contributed by atoms with van der Waals surface area (Å²) < 4.78 is 5.78. The molecule has 0 aliphatic rings. The smallest absolute Gasteiger partial charge is 0.185 e. The fourth-order valence-corrected chi connectivity index (χ4v) is 2.24. The SMILES string of the molecule is NC(N)=NCCc1ccc2oc3ccccc3c2c1. The van der Waals surface area contributed by atoms with Crippen LogP contribution in [0.25, 0.3) is 21.9 Å². The monoisotopic (exact) mass is 253 g/mol. The molecule has 0 aliphatic carbocycles. The molecule has 96 valence electrons. The summed E-state index contributed by atoms with van der Waals surface area (Å²) in [5, 5.41) is 2.28. The Bertz CT molecular complexity index is 754. The maximum Gasteiger partial charge on any atom is 0.185 e. The van der Waals surface area contributed by atoms with Gasteiger partial charge in [0.2, 0.25) is 0 Å². The van der Waals surface area contributed by atoms with E-state index in [4.69, 9.17) is 15.9 Å². The van der Waals surface area contributed by atoms with Crippen molar-refractivity contribution in [2.45, 2.75) is 6.42 Å². The Kier molecular flexibility index (Phi) is 2.83. The molecule has 1 heterocycles. The molecule has 19 heavy (non-hydrogen) atoms. The molecule has 4 nitrogen and oxygen atoms in total. The van der Waals surface area contributed by atoms with Gasteiger partial charge in [0.15, 0.2) is 5.96 Å². The molecule has 0 spiro atoms. The number of hydrogen-bond donors (Lipinski definition) is 2. The first kappa shape index (κ1) is 11.6. The molecule has 0 radical (unpaired) electrons. The van der Waals surface area contributed by atoms with Crippen LogP contribution in [0.2, 0.25) is 0 Å². The fourth-order valence-electron chi connectivity index (χ4n) is 2.24. The second kappa shape index (κ2) is 4.65. The normalized spacial score (nSPS) is 10.9. The molecule has 1 aromatic heterocycles. The highest BCUT2D eigenvalue weighted by Crippen LogP contribution is 2.29. The van der Waals surface area contributed by atoms with E-state index in [0.717, 1.165) is 28.4 Å². The first-order valence-corrected chi connectivity index (χ1v) is 6.19. The average molecular weight is 253 g/mol. The van der Waals surface area contributed by atoms with Crippen LogP contribution in [0.1, 0.15) is 5.56 Å². The number of rotatable bonds is 3. The lowest BCUT2D eigenvalue weighted by molar-refractivity contribution is 0.668. The van der Waals surface area contributed by atoms with Gasteiger partial charge in [-0.2, -0.15) is 0 Å². The Morgan fingerprint density at radius 2 is 1.79 bits per heavy atom. The van der Waals surface area contributed by atoms with Gasteiger partial charge >= 0.3 is 0 Å². The molecular weight excluding hydrogens is 238 g/mol. The summed E-state index contributed by atoms with van der Waals surface area (Å²) in [6.45, 7) is 0.601. The molecule has 0 aliphatic heterocycles. The molecule has 0 fully saturated rings. The van der Waals surface area contributed by atoms with E-state index in [9.17, 15) is 0 Å². The van der Waals surface area contributed by atoms with Crippen LogP contribution in [0.5, 0.6) is 0 Å². The number of para-hydroxylation sites is 1. The third-order valence-electron chi connectivity index (χ3n) is 3.14. The molecular formula is C15H15N3O. The highest BCUT2D eigenvalue weighted by atomic mass is 16.3. The Hall–Kier alpha value is -2.49. The van der Waals surface area contributed by atoms with Gasteiger partial charge in [0.25, 0.3) is 0 Å². The average Bonchev–Trinajstić information content (AvgIpc) is 2.76. The number of fused-ring (bicyclic) bond motifs is 3. The zero-order valence-corrected chi connectivity index (χ0v) is 10.5. The van der Waals surface area contributed by atoms with Crippen molar-refractivity contribution in [3.05, 3.63) is 48.0 Å². The van der Waals surface area contributed by atoms with Gasteiger partial charge in [0, 0.05) is 17.3 Å². The van der Waals surface area contributed by atoms with Crippen LogP contribution in [0, 0.1) is 0 Å². The van der Waals surface area contributed by atoms with Gasteiger partial charge in [0.1, 0.15) is 11.2 Å². The van der Waals surface area contributed by atoms with Crippen LogP contribution in [0.3, 0.4) is 0 Å². The molecule has 4 N–H and O–H groups in total. The lowest BCUT2D eigenvalue weighted by Crippen LogP contribution is -2.23. The highest BCUT2D eigenvalue weighted by molar-refractivity contribution is 6.04. The summed E-state index contributed by atoms with van der Waals surface area (Å²) in [5.41, 5.74) is 13.7. The van der Waals surface area contributed by atoms with Crippen molar-refractivity contribution in [1.82, 2.24) is 0 Å². The maximum atomic E-state index is 5.78. The number of nitrogens with zero attached hydrogens (tertiary/aromatic N) is 1. The molecule has 0 saturated carbocycles. The number of aliphatic imine (C=N–C) groups is 1. The van der Waals surface area contributed by atoms with Crippen molar-refractivity contribution < 1.29 is 4.42 Å². The molecule has 0 amide bonds. The second-order valence-corrected chi connectivity index (χ2v) is 4.49. The third-order valence-corrected chi connectivity index (χ3v) is 3.14. The predicted molar refractivity (Wildman–Crippen MR) is 78.1 cm³/mol. The van der Waals surface area contributed by atoms with E-state index in [2.05, 4.69) is 17.1 Å². The molecule has 3 aromatic rings. The van der Waals surface area contributed by atoms with E-state index < -0.39 is 0 Å². The minimum absolute atomic E-state index is 0.134. The van der Waals surface area contributed by atoms with Gasteiger partial charge < -0.3 is 15.9 Å². The summed E-state index contributed by atoms with van der Waals surface area (Å²) in [4.78, 5) is 4.00. The Labute approximate surface area is 110 Å². The standard InChI is InChI=1S/C15H15N3O/c16-15(17)18-8-7-10-5-6-14-12(9-10)11-3-1-2-4-13(11)19-14/h1-6,9H,7-8H2,(H4,16,17,18). The van der Waals surface area contributed by atoms with Gasteiger partial charge in [-0.3, -0.25) is 4.99 Å². The summed E-state index contributed by atoms with van der Waals surface area (Å²) in [6, 6.07) is 14.2. The van der Waals surface area contributed by atoms with Gasteiger partial charge in [-0.15, -0.1) is 0 Å². The zero-order valence-electron chi connectivity index (χ0n) is 10.5. The van der Waals surface area contributed by atoms with Gasteiger partial charge in [0.05, 0.1) is 0 Å². The minimum atomic E-state index is 0.134. The second-order valence-electron chi connectivity index (χ2n) is 4.49. The van der Waals surface area contributed by atoms with Crippen molar-refractivity contribution in [2.75, 3.05) is 6.54 Å². The largest absolute Gasteiger partial charge is 0.456 e. The van der Waals surface area contributed by atoms with E-state index >= 15 is 0 Å². The molecule has 4 heteroatoms. The molecule has 0 unspecified atom stereocenters. The number of benzene rings is 2. The van der Waals surface area contributed by atoms with Crippen LogP contribution < -0.4 is 11.5 Å². The fraction of sp³-hybridized carbons (Fsp3) is 0.133. The van der Waals surface area contributed by atoms with Crippen LogP contribution in [0.4, 0.5) is 0 Å². The molecule has 3 rings (SSSR count). The summed E-state index contributed by atoms with van der Waals surface area (Å²) in [6.07, 6.45) is 0.813. The van der Waals surface area contributed by atoms with E-state index in [1.165, 1.54) is 5.56 Å². The Morgan fingerprint density at radius 1 is 1.00 bits per heavy atom. The van der Waals surface area contributed by atoms with Crippen molar-refractivity contribution in [1.29, 1.82) is 0 Å². The Morgan fingerprint density at radius 3 is 2.63 bits per heavy atom. The zero-order chi connectivity index (χ0) is 13.2. The van der Waals surface area contributed by atoms with Crippen molar-refractivity contribution in [3.63, 3.8) is 0 Å². The van der Waals surface area contributed by atoms with Gasteiger partial charge in [-0.05, 0) is 30.2 Å². The first-order chi connectivity index (χ1) is 9.24. The summed E-state index contributed by atoms with van der Waals surface area (Å²) in [7, 11) is 0. The van der Waals surface area contributed by atoms with Gasteiger partial charge in [-0.1, -0.05) is 24.3 Å². The lowest BCUT2D eigenvalue weighted by Gasteiger charge is -1.99. The molecule has 0 atom stereocenters. The third kappa shape index (κ3) is 2.25. The first-order valence-electron chi connectivity index (χ1n) is 6.19. The predicted octanol–water partition coefficient (Wildman–Crippen LogP) is 2.40. The molecule has 0 saturated heterocycles. The summed E-state index contributed by atoms with van der Waals surface area (Å²) in [5.74, 6) is 0.134. The maximum absolute atomic E-state index is 5.78. The summed E-state index contributed by atoms with van der Waals surface area (Å²) >= 11 is 0. The van der Waals surface area contributed by atoms with Crippen molar-refractivity contribution in [3.8, 4) is 0 Å². The van der Waals surface area contributed by atoms with Gasteiger partial charge in [-0.25, -0.2) is 0 Å². The lowest BCUT2D eigenvalue weighted by atomic mass is 10.1. The molecule has 0 bridgehead atoms. The van der Waals surface area contributed by atoms with Crippen LogP contribution in [0.15, 0.2) is 51.9 Å². The highest BCUT2D eigenvalue weighted by Gasteiger charge is 2.06. The van der Waals surface area contributed by atoms with E-state index in [0.29, 0.717) is 6.54 Å². The van der Waals surface area contributed by atoms with Crippen LogP contribution >= 0.6 is 0 Å². The Balaban J connectivity index is 1.99. The number of nitrogens with two attached hydrogens (primary N) is 2. The van der Waals surface area contributed by atoms with Crippen LogP contribution in [-0.2, 0) is 6.42 Å². The number of furan rings is 1.